The molecule has 1 saturated heterocycles. The van der Waals surface area contributed by atoms with Crippen molar-refractivity contribution in [3.63, 3.8) is 0 Å². The van der Waals surface area contributed by atoms with E-state index in [2.05, 4.69) is 36.5 Å². The summed E-state index contributed by atoms with van der Waals surface area (Å²) in [7, 11) is 1.99. The van der Waals surface area contributed by atoms with Crippen LogP contribution in [0.3, 0.4) is 0 Å². The standard InChI is InChI=1S/C22H30N4O.ClH/c1-16-9-11-18(12-10-16)26-20-8-4-3-7-19(20)21(24-26)22(27)25-13-5-6-17(15-25)14-23-2;/h9-12,17,23H,3-8,13-15H2,1-2H3;1H. The molecular weight excluding hydrogens is 372 g/mol. The van der Waals surface area contributed by atoms with Gasteiger partial charge in [0.05, 0.1) is 5.69 Å². The lowest BCUT2D eigenvalue weighted by Gasteiger charge is -2.32. The van der Waals surface area contributed by atoms with Crippen LogP contribution < -0.4 is 5.32 Å². The molecule has 0 bridgehead atoms. The Morgan fingerprint density at radius 3 is 2.68 bits per heavy atom. The van der Waals surface area contributed by atoms with Gasteiger partial charge in [0.1, 0.15) is 0 Å². The van der Waals surface area contributed by atoms with Gasteiger partial charge in [0, 0.05) is 24.3 Å². The number of halogens is 1. The van der Waals surface area contributed by atoms with E-state index in [4.69, 9.17) is 5.10 Å². The van der Waals surface area contributed by atoms with Crippen LogP contribution in [0.5, 0.6) is 0 Å². The number of aryl methyl sites for hydroxylation is 1. The number of hydrogen-bond donors (Lipinski definition) is 1. The summed E-state index contributed by atoms with van der Waals surface area (Å²) in [6.45, 7) is 4.76. The largest absolute Gasteiger partial charge is 0.337 e. The number of benzene rings is 1. The molecule has 1 aliphatic carbocycles. The van der Waals surface area contributed by atoms with Gasteiger partial charge in [-0.2, -0.15) is 5.10 Å². The monoisotopic (exact) mass is 402 g/mol. The Kier molecular flexibility index (Phi) is 6.78. The predicted octanol–water partition coefficient (Wildman–Crippen LogP) is 3.55. The van der Waals surface area contributed by atoms with Gasteiger partial charge in [0.15, 0.2) is 5.69 Å². The molecule has 1 N–H and O–H groups in total. The second-order valence-electron chi connectivity index (χ2n) is 8.05. The van der Waals surface area contributed by atoms with Crippen molar-refractivity contribution in [2.45, 2.75) is 45.4 Å². The van der Waals surface area contributed by atoms with Gasteiger partial charge in [-0.25, -0.2) is 4.68 Å². The Hall–Kier alpha value is -1.85. The molecule has 2 aliphatic rings. The van der Waals surface area contributed by atoms with Crippen molar-refractivity contribution in [2.24, 2.45) is 5.92 Å². The number of rotatable bonds is 4. The molecule has 2 aromatic rings. The van der Waals surface area contributed by atoms with Crippen molar-refractivity contribution in [1.29, 1.82) is 0 Å². The van der Waals surface area contributed by atoms with E-state index >= 15 is 0 Å². The number of hydrogen-bond acceptors (Lipinski definition) is 3. The van der Waals surface area contributed by atoms with Crippen molar-refractivity contribution in [3.05, 3.63) is 46.8 Å². The van der Waals surface area contributed by atoms with Crippen LogP contribution in [0, 0.1) is 12.8 Å². The summed E-state index contributed by atoms with van der Waals surface area (Å²) < 4.78 is 2.02. The smallest absolute Gasteiger partial charge is 0.274 e. The van der Waals surface area contributed by atoms with Crippen molar-refractivity contribution >= 4 is 18.3 Å². The third-order valence-electron chi connectivity index (χ3n) is 5.96. The van der Waals surface area contributed by atoms with Gasteiger partial charge in [0.25, 0.3) is 5.91 Å². The van der Waals surface area contributed by atoms with E-state index in [9.17, 15) is 4.79 Å². The van der Waals surface area contributed by atoms with Crippen LogP contribution in [0.25, 0.3) is 5.69 Å². The third kappa shape index (κ3) is 4.11. The molecule has 5 nitrogen and oxygen atoms in total. The molecule has 1 atom stereocenters. The van der Waals surface area contributed by atoms with Crippen molar-refractivity contribution in [2.75, 3.05) is 26.7 Å². The van der Waals surface area contributed by atoms with Crippen LogP contribution in [0.2, 0.25) is 0 Å². The molecule has 1 aliphatic heterocycles. The zero-order valence-corrected chi connectivity index (χ0v) is 17.7. The van der Waals surface area contributed by atoms with E-state index in [0.717, 1.165) is 51.0 Å². The molecule has 6 heteroatoms. The minimum atomic E-state index is 0. The first-order chi connectivity index (χ1) is 13.2. The molecule has 0 saturated carbocycles. The number of piperidine rings is 1. The molecule has 1 amide bonds. The molecule has 1 unspecified atom stereocenters. The summed E-state index contributed by atoms with van der Waals surface area (Å²) in [5.41, 5.74) is 5.40. The Morgan fingerprint density at radius 1 is 1.18 bits per heavy atom. The lowest BCUT2D eigenvalue weighted by atomic mass is 9.94. The molecular formula is C22H31ClN4O. The summed E-state index contributed by atoms with van der Waals surface area (Å²) in [4.78, 5) is 15.4. The Labute approximate surface area is 173 Å². The maximum Gasteiger partial charge on any atom is 0.274 e. The van der Waals surface area contributed by atoms with Gasteiger partial charge in [-0.05, 0) is 77.1 Å². The summed E-state index contributed by atoms with van der Waals surface area (Å²) in [6, 6.07) is 8.44. The first kappa shape index (κ1) is 20.9. The van der Waals surface area contributed by atoms with E-state index in [1.54, 1.807) is 0 Å². The fourth-order valence-electron chi connectivity index (χ4n) is 4.52. The van der Waals surface area contributed by atoms with Crippen LogP contribution in [0.1, 0.15) is 53.0 Å². The maximum atomic E-state index is 13.3. The second kappa shape index (κ2) is 9.10. The molecule has 2 heterocycles. The highest BCUT2D eigenvalue weighted by Gasteiger charge is 2.30. The molecule has 28 heavy (non-hydrogen) atoms. The normalized spacial score (nSPS) is 19.1. The van der Waals surface area contributed by atoms with Crippen molar-refractivity contribution < 1.29 is 4.79 Å². The number of nitrogens with zero attached hydrogens (tertiary/aromatic N) is 3. The van der Waals surface area contributed by atoms with Crippen LogP contribution >= 0.6 is 12.4 Å². The molecule has 152 valence electrons. The molecule has 0 radical (unpaired) electrons. The van der Waals surface area contributed by atoms with Gasteiger partial charge in [-0.1, -0.05) is 17.7 Å². The highest BCUT2D eigenvalue weighted by molar-refractivity contribution is 5.94. The fraction of sp³-hybridized carbons (Fsp3) is 0.545. The summed E-state index contributed by atoms with van der Waals surface area (Å²) in [5, 5.41) is 8.11. The zero-order valence-electron chi connectivity index (χ0n) is 16.9. The number of likely N-dealkylation sites (tertiary alicyclic amines) is 1. The van der Waals surface area contributed by atoms with E-state index in [0.29, 0.717) is 11.6 Å². The number of carbonyl (C=O) groups is 1. The van der Waals surface area contributed by atoms with Gasteiger partial charge in [-0.3, -0.25) is 4.79 Å². The molecule has 1 aromatic heterocycles. The quantitative estimate of drug-likeness (QED) is 0.850. The fourth-order valence-corrected chi connectivity index (χ4v) is 4.52. The number of fused-ring (bicyclic) bond motifs is 1. The molecule has 4 rings (SSSR count). The molecule has 1 fully saturated rings. The Bertz CT molecular complexity index is 813. The first-order valence-electron chi connectivity index (χ1n) is 10.3. The van der Waals surface area contributed by atoms with Gasteiger partial charge in [0.2, 0.25) is 0 Å². The van der Waals surface area contributed by atoms with Gasteiger partial charge < -0.3 is 10.2 Å². The van der Waals surface area contributed by atoms with E-state index < -0.39 is 0 Å². The molecule has 1 aromatic carbocycles. The predicted molar refractivity (Wildman–Crippen MR) is 115 cm³/mol. The van der Waals surface area contributed by atoms with E-state index in [1.807, 2.05) is 16.6 Å². The topological polar surface area (TPSA) is 50.2 Å². The minimum absolute atomic E-state index is 0. The maximum absolute atomic E-state index is 13.3. The second-order valence-corrected chi connectivity index (χ2v) is 8.05. The highest BCUT2D eigenvalue weighted by Crippen LogP contribution is 2.29. The average Bonchev–Trinajstić information content (AvgIpc) is 3.08. The SMILES string of the molecule is CNCC1CCCN(C(=O)c2nn(-c3ccc(C)cc3)c3c2CCCC3)C1.Cl. The average molecular weight is 403 g/mol. The van der Waals surface area contributed by atoms with Gasteiger partial charge >= 0.3 is 0 Å². The number of aromatic nitrogens is 2. The highest BCUT2D eigenvalue weighted by atomic mass is 35.5. The number of amides is 1. The third-order valence-corrected chi connectivity index (χ3v) is 5.96. The number of nitrogens with one attached hydrogen (secondary N) is 1. The van der Waals surface area contributed by atoms with Crippen LogP contribution in [0.4, 0.5) is 0 Å². The van der Waals surface area contributed by atoms with Crippen LogP contribution in [0.15, 0.2) is 24.3 Å². The summed E-state index contributed by atoms with van der Waals surface area (Å²) in [6.07, 6.45) is 6.57. The summed E-state index contributed by atoms with van der Waals surface area (Å²) in [5.74, 6) is 0.669. The van der Waals surface area contributed by atoms with E-state index in [-0.39, 0.29) is 18.3 Å². The lowest BCUT2D eigenvalue weighted by Crippen LogP contribution is -2.43. The minimum Gasteiger partial charge on any atom is -0.337 e. The van der Waals surface area contributed by atoms with Crippen molar-refractivity contribution in [1.82, 2.24) is 20.0 Å². The van der Waals surface area contributed by atoms with E-state index in [1.165, 1.54) is 29.7 Å². The zero-order chi connectivity index (χ0) is 18.8. The van der Waals surface area contributed by atoms with Gasteiger partial charge in [-0.15, -0.1) is 12.4 Å². The Morgan fingerprint density at radius 2 is 1.93 bits per heavy atom. The van der Waals surface area contributed by atoms with Crippen LogP contribution in [-0.4, -0.2) is 47.3 Å². The first-order valence-corrected chi connectivity index (χ1v) is 10.3. The Balaban J connectivity index is 0.00000225. The van der Waals surface area contributed by atoms with Crippen LogP contribution in [-0.2, 0) is 12.8 Å². The van der Waals surface area contributed by atoms with Crippen molar-refractivity contribution in [3.8, 4) is 5.69 Å². The molecule has 0 spiro atoms. The lowest BCUT2D eigenvalue weighted by molar-refractivity contribution is 0.0666. The number of carbonyl (C=O) groups excluding carboxylic acids is 1. The summed E-state index contributed by atoms with van der Waals surface area (Å²) >= 11 is 0.